The molecule has 0 aliphatic carbocycles. The zero-order chi connectivity index (χ0) is 29.4. The van der Waals surface area contributed by atoms with E-state index in [0.29, 0.717) is 41.2 Å². The van der Waals surface area contributed by atoms with Gasteiger partial charge >= 0.3 is 6.18 Å². The molecule has 1 amide bonds. The highest BCUT2D eigenvalue weighted by atomic mass is 19.4. The van der Waals surface area contributed by atoms with Gasteiger partial charge in [-0.25, -0.2) is 4.98 Å². The summed E-state index contributed by atoms with van der Waals surface area (Å²) in [6.45, 7) is 1.24. The molecule has 4 rings (SSSR count). The number of aromatic nitrogens is 3. The number of alkyl halides is 3. The zero-order valence-electron chi connectivity index (χ0n) is 22.5. The number of pyridine rings is 1. The second-order valence-corrected chi connectivity index (χ2v) is 9.35. The van der Waals surface area contributed by atoms with Crippen LogP contribution in [-0.4, -0.2) is 66.0 Å². The Morgan fingerprint density at radius 2 is 1.80 bits per heavy atom. The van der Waals surface area contributed by atoms with Crippen LogP contribution in [0.25, 0.3) is 22.0 Å². The molecular weight excluding hydrogens is 538 g/mol. The molecule has 0 radical (unpaired) electrons. The standard InChI is InChI=1S/C30H29F4N5O2/c1-39(2)27(40)9-6-14-35-15-16-41-26-13-11-22(19-36-26)28(21-10-12-25-23(17-21)29(31)38-37-25)24(18-30(32,33)34)20-7-4-3-5-8-20/h3-13,17,19,35H,14-16,18H2,1-2H3,(H,37,38)/b9-6+,28-24+. The largest absolute Gasteiger partial charge is 0.476 e. The quantitative estimate of drug-likeness (QED) is 0.106. The molecule has 0 unspecified atom stereocenters. The van der Waals surface area contributed by atoms with Crippen molar-refractivity contribution in [2.75, 3.05) is 33.8 Å². The Morgan fingerprint density at radius 1 is 1.05 bits per heavy atom. The van der Waals surface area contributed by atoms with Crippen LogP contribution >= 0.6 is 0 Å². The Morgan fingerprint density at radius 3 is 2.49 bits per heavy atom. The highest BCUT2D eigenvalue weighted by Crippen LogP contribution is 2.40. The highest BCUT2D eigenvalue weighted by molar-refractivity contribution is 6.00. The molecule has 2 aromatic carbocycles. The van der Waals surface area contributed by atoms with Gasteiger partial charge in [-0.05, 0) is 40.5 Å². The van der Waals surface area contributed by atoms with Crippen LogP contribution in [-0.2, 0) is 4.79 Å². The predicted octanol–water partition coefficient (Wildman–Crippen LogP) is 5.62. The fourth-order valence-corrected chi connectivity index (χ4v) is 4.16. The molecule has 2 heterocycles. The fourth-order valence-electron chi connectivity index (χ4n) is 4.16. The summed E-state index contributed by atoms with van der Waals surface area (Å²) < 4.78 is 61.6. The highest BCUT2D eigenvalue weighted by Gasteiger charge is 2.31. The minimum atomic E-state index is -4.50. The van der Waals surface area contributed by atoms with E-state index in [2.05, 4.69) is 20.5 Å². The summed E-state index contributed by atoms with van der Waals surface area (Å²) in [7, 11) is 3.34. The number of nitrogens with one attached hydrogen (secondary N) is 2. The van der Waals surface area contributed by atoms with Crippen molar-refractivity contribution in [2.45, 2.75) is 12.6 Å². The third-order valence-corrected chi connectivity index (χ3v) is 6.11. The predicted molar refractivity (Wildman–Crippen MR) is 150 cm³/mol. The SMILES string of the molecule is CN(C)C(=O)/C=C/CNCCOc1ccc(/C(=C(\CC(F)(F)F)c2ccccc2)c2ccc3n[nH]c(F)c3c2)cn1. The molecule has 0 bridgehead atoms. The van der Waals surface area contributed by atoms with E-state index >= 15 is 0 Å². The van der Waals surface area contributed by atoms with Crippen LogP contribution in [0.4, 0.5) is 17.6 Å². The van der Waals surface area contributed by atoms with Gasteiger partial charge in [0.25, 0.3) is 0 Å². The lowest BCUT2D eigenvalue weighted by molar-refractivity contribution is -0.124. The summed E-state index contributed by atoms with van der Waals surface area (Å²) in [6, 6.07) is 16.2. The molecule has 11 heteroatoms. The Bertz CT molecular complexity index is 1530. The maximum atomic E-state index is 14.4. The number of likely N-dealkylation sites (N-methyl/N-ethyl adjacent to an activating group) is 1. The number of H-pyrrole nitrogens is 1. The van der Waals surface area contributed by atoms with Gasteiger partial charge in [0.2, 0.25) is 17.7 Å². The van der Waals surface area contributed by atoms with E-state index in [9.17, 15) is 22.4 Å². The number of ether oxygens (including phenoxy) is 1. The number of halogens is 4. The van der Waals surface area contributed by atoms with Gasteiger partial charge in [-0.1, -0.05) is 42.5 Å². The molecule has 0 atom stereocenters. The number of rotatable bonds is 11. The number of hydrogen-bond acceptors (Lipinski definition) is 5. The van der Waals surface area contributed by atoms with Crippen molar-refractivity contribution in [3.63, 3.8) is 0 Å². The Labute approximate surface area is 234 Å². The molecule has 0 spiro atoms. The average Bonchev–Trinajstić information content (AvgIpc) is 3.32. The van der Waals surface area contributed by atoms with E-state index in [-0.39, 0.29) is 29.0 Å². The van der Waals surface area contributed by atoms with Crippen molar-refractivity contribution in [1.82, 2.24) is 25.4 Å². The number of carbonyl (C=O) groups is 1. The van der Waals surface area contributed by atoms with Crippen LogP contribution in [0.3, 0.4) is 0 Å². The maximum absolute atomic E-state index is 14.4. The molecule has 2 N–H and O–H groups in total. The number of aromatic amines is 1. The van der Waals surface area contributed by atoms with Gasteiger partial charge < -0.3 is 15.0 Å². The van der Waals surface area contributed by atoms with E-state index in [1.807, 2.05) is 0 Å². The van der Waals surface area contributed by atoms with Crippen LogP contribution in [0.15, 0.2) is 79.0 Å². The third-order valence-electron chi connectivity index (χ3n) is 6.11. The van der Waals surface area contributed by atoms with Gasteiger partial charge in [0.05, 0.1) is 17.3 Å². The van der Waals surface area contributed by atoms with E-state index in [1.54, 1.807) is 74.8 Å². The van der Waals surface area contributed by atoms with Crippen LogP contribution in [0, 0.1) is 5.95 Å². The normalized spacial score (nSPS) is 12.5. The van der Waals surface area contributed by atoms with Gasteiger partial charge in [-0.2, -0.15) is 22.7 Å². The van der Waals surface area contributed by atoms with Gasteiger partial charge in [-0.15, -0.1) is 0 Å². The average molecular weight is 568 g/mol. The first-order chi connectivity index (χ1) is 19.6. The lowest BCUT2D eigenvalue weighted by Crippen LogP contribution is -2.22. The van der Waals surface area contributed by atoms with Crippen molar-refractivity contribution in [3.05, 3.63) is 102 Å². The van der Waals surface area contributed by atoms with Crippen molar-refractivity contribution in [2.24, 2.45) is 0 Å². The zero-order valence-corrected chi connectivity index (χ0v) is 22.5. The molecule has 214 valence electrons. The first-order valence-electron chi connectivity index (χ1n) is 12.8. The number of fused-ring (bicyclic) bond motifs is 1. The lowest BCUT2D eigenvalue weighted by Gasteiger charge is -2.19. The molecule has 0 aliphatic heterocycles. The molecule has 41 heavy (non-hydrogen) atoms. The molecule has 0 aliphatic rings. The van der Waals surface area contributed by atoms with E-state index in [0.717, 1.165) is 0 Å². The lowest BCUT2D eigenvalue weighted by atomic mass is 9.88. The minimum Gasteiger partial charge on any atom is -0.476 e. The summed E-state index contributed by atoms with van der Waals surface area (Å²) in [6.07, 6.45) is -1.07. The summed E-state index contributed by atoms with van der Waals surface area (Å²) in [4.78, 5) is 17.3. The summed E-state index contributed by atoms with van der Waals surface area (Å²) >= 11 is 0. The van der Waals surface area contributed by atoms with Gasteiger partial charge in [0.1, 0.15) is 6.61 Å². The fraction of sp³-hybridized carbons (Fsp3) is 0.233. The van der Waals surface area contributed by atoms with Gasteiger partial charge in [-0.3, -0.25) is 9.89 Å². The third kappa shape index (κ3) is 8.01. The number of amides is 1. The number of benzene rings is 2. The topological polar surface area (TPSA) is 83.1 Å². The summed E-state index contributed by atoms with van der Waals surface area (Å²) in [5.41, 5.74) is 1.86. The molecule has 0 saturated carbocycles. The molecular formula is C30H29F4N5O2. The number of hydrogen-bond donors (Lipinski definition) is 2. The van der Waals surface area contributed by atoms with Crippen molar-refractivity contribution < 1.29 is 27.1 Å². The molecule has 2 aromatic heterocycles. The number of nitrogens with zero attached hydrogens (tertiary/aromatic N) is 3. The first kappa shape index (κ1) is 29.5. The summed E-state index contributed by atoms with van der Waals surface area (Å²) in [5.74, 6) is -0.489. The van der Waals surface area contributed by atoms with Crippen LogP contribution < -0.4 is 10.1 Å². The Hall–Kier alpha value is -4.51. The van der Waals surface area contributed by atoms with E-state index in [4.69, 9.17) is 4.74 Å². The van der Waals surface area contributed by atoms with Crippen LogP contribution in [0.5, 0.6) is 5.88 Å². The van der Waals surface area contributed by atoms with Crippen LogP contribution in [0.2, 0.25) is 0 Å². The minimum absolute atomic E-state index is 0.0295. The molecule has 4 aromatic rings. The van der Waals surface area contributed by atoms with E-state index in [1.165, 1.54) is 23.2 Å². The van der Waals surface area contributed by atoms with E-state index < -0.39 is 18.5 Å². The molecule has 7 nitrogen and oxygen atoms in total. The van der Waals surface area contributed by atoms with Gasteiger partial charge in [0, 0.05) is 51.1 Å². The molecule has 0 fully saturated rings. The van der Waals surface area contributed by atoms with Gasteiger partial charge in [0.15, 0.2) is 0 Å². The first-order valence-corrected chi connectivity index (χ1v) is 12.8. The Balaban J connectivity index is 1.61. The van der Waals surface area contributed by atoms with Crippen LogP contribution in [0.1, 0.15) is 23.1 Å². The van der Waals surface area contributed by atoms with Crippen molar-refractivity contribution in [3.8, 4) is 5.88 Å². The molecule has 0 saturated heterocycles. The smallest absolute Gasteiger partial charge is 0.393 e. The monoisotopic (exact) mass is 567 g/mol. The second kappa shape index (κ2) is 13.2. The Kier molecular flexibility index (Phi) is 9.51. The second-order valence-electron chi connectivity index (χ2n) is 9.35. The van der Waals surface area contributed by atoms with Crippen molar-refractivity contribution >= 4 is 28.0 Å². The number of allylic oxidation sites excluding steroid dienone is 1. The summed E-state index contributed by atoms with van der Waals surface area (Å²) in [5, 5.41) is 9.43. The van der Waals surface area contributed by atoms with Crippen molar-refractivity contribution in [1.29, 1.82) is 0 Å². The maximum Gasteiger partial charge on any atom is 0.393 e. The number of carbonyl (C=O) groups excluding carboxylic acids is 1.